The number of nitrogens with zero attached hydrogens (tertiary/aromatic N) is 1. The van der Waals surface area contributed by atoms with Gasteiger partial charge in [0.1, 0.15) is 5.75 Å². The SMILES string of the molecule is CCC1CCCCCN1C(=O)c1cc(O)ccc1Cl. The van der Waals surface area contributed by atoms with Gasteiger partial charge >= 0.3 is 0 Å². The van der Waals surface area contributed by atoms with Crippen molar-refractivity contribution in [2.75, 3.05) is 6.54 Å². The van der Waals surface area contributed by atoms with Gasteiger partial charge in [-0.3, -0.25) is 4.79 Å². The predicted octanol–water partition coefficient (Wildman–Crippen LogP) is 3.84. The molecule has 1 N–H and O–H groups in total. The Labute approximate surface area is 119 Å². The topological polar surface area (TPSA) is 40.5 Å². The first kappa shape index (κ1) is 14.2. The highest BCUT2D eigenvalue weighted by molar-refractivity contribution is 6.33. The van der Waals surface area contributed by atoms with Crippen LogP contribution in [0, 0.1) is 0 Å². The van der Waals surface area contributed by atoms with Crippen molar-refractivity contribution in [1.82, 2.24) is 4.90 Å². The van der Waals surface area contributed by atoms with Crippen molar-refractivity contribution >= 4 is 17.5 Å². The summed E-state index contributed by atoms with van der Waals surface area (Å²) in [5.41, 5.74) is 0.405. The molecule has 0 aliphatic carbocycles. The second-order valence-corrected chi connectivity index (χ2v) is 5.48. The molecule has 0 saturated carbocycles. The Kier molecular flexibility index (Phi) is 4.70. The van der Waals surface area contributed by atoms with Crippen molar-refractivity contribution in [2.45, 2.75) is 45.1 Å². The Morgan fingerprint density at radius 3 is 2.95 bits per heavy atom. The van der Waals surface area contributed by atoms with E-state index in [1.54, 1.807) is 6.07 Å². The van der Waals surface area contributed by atoms with Crippen LogP contribution < -0.4 is 0 Å². The number of aromatic hydroxyl groups is 1. The molecule has 3 nitrogen and oxygen atoms in total. The molecule has 19 heavy (non-hydrogen) atoms. The summed E-state index contributed by atoms with van der Waals surface area (Å²) in [5, 5.41) is 9.94. The van der Waals surface area contributed by atoms with E-state index in [1.807, 2.05) is 4.90 Å². The number of carbonyl (C=O) groups is 1. The molecule has 1 amide bonds. The third kappa shape index (κ3) is 3.21. The zero-order valence-electron chi connectivity index (χ0n) is 11.2. The fourth-order valence-electron chi connectivity index (χ4n) is 2.70. The highest BCUT2D eigenvalue weighted by Gasteiger charge is 2.26. The molecule has 0 bridgehead atoms. The minimum absolute atomic E-state index is 0.0605. The third-order valence-corrected chi connectivity index (χ3v) is 4.12. The van der Waals surface area contributed by atoms with Crippen LogP contribution in [-0.2, 0) is 0 Å². The van der Waals surface area contributed by atoms with Gasteiger partial charge in [0, 0.05) is 12.6 Å². The molecule has 0 aromatic heterocycles. The number of rotatable bonds is 2. The molecule has 104 valence electrons. The average molecular weight is 282 g/mol. The Hall–Kier alpha value is -1.22. The summed E-state index contributed by atoms with van der Waals surface area (Å²) < 4.78 is 0. The molecule has 1 fully saturated rings. The monoisotopic (exact) mass is 281 g/mol. The molecule has 1 heterocycles. The quantitative estimate of drug-likeness (QED) is 0.895. The van der Waals surface area contributed by atoms with E-state index in [4.69, 9.17) is 11.6 Å². The van der Waals surface area contributed by atoms with Crippen LogP contribution in [0.3, 0.4) is 0 Å². The van der Waals surface area contributed by atoms with Crippen LogP contribution in [0.2, 0.25) is 5.02 Å². The van der Waals surface area contributed by atoms with Gasteiger partial charge in [0.15, 0.2) is 0 Å². The Balaban J connectivity index is 2.27. The molecule has 1 unspecified atom stereocenters. The molecule has 2 rings (SSSR count). The first-order chi connectivity index (χ1) is 9.13. The van der Waals surface area contributed by atoms with Gasteiger partial charge in [0.05, 0.1) is 10.6 Å². The first-order valence-corrected chi connectivity index (χ1v) is 7.30. The normalized spacial score (nSPS) is 20.1. The van der Waals surface area contributed by atoms with Crippen molar-refractivity contribution in [3.8, 4) is 5.75 Å². The lowest BCUT2D eigenvalue weighted by Crippen LogP contribution is -2.39. The van der Waals surface area contributed by atoms with E-state index in [0.717, 1.165) is 25.8 Å². The standard InChI is InChI=1S/C15H20ClNO2/c1-2-11-6-4-3-5-9-17(11)15(19)13-10-12(18)7-8-14(13)16/h7-8,10-11,18H,2-6,9H2,1H3. The second-order valence-electron chi connectivity index (χ2n) is 5.07. The summed E-state index contributed by atoms with van der Waals surface area (Å²) in [6, 6.07) is 4.82. The number of hydrogen-bond acceptors (Lipinski definition) is 2. The van der Waals surface area contributed by atoms with Crippen molar-refractivity contribution in [2.24, 2.45) is 0 Å². The van der Waals surface area contributed by atoms with E-state index in [1.165, 1.54) is 25.0 Å². The number of halogens is 1. The molecule has 0 radical (unpaired) electrons. The van der Waals surface area contributed by atoms with Gasteiger partial charge in [-0.15, -0.1) is 0 Å². The molecular formula is C15H20ClNO2. The number of hydrogen-bond donors (Lipinski definition) is 1. The van der Waals surface area contributed by atoms with Crippen molar-refractivity contribution < 1.29 is 9.90 Å². The van der Waals surface area contributed by atoms with Crippen molar-refractivity contribution in [3.63, 3.8) is 0 Å². The summed E-state index contributed by atoms with van der Waals surface area (Å²) in [5.74, 6) is 0.0188. The lowest BCUT2D eigenvalue weighted by molar-refractivity contribution is 0.0678. The fourth-order valence-corrected chi connectivity index (χ4v) is 2.90. The van der Waals surface area contributed by atoms with Crippen molar-refractivity contribution in [3.05, 3.63) is 28.8 Å². The van der Waals surface area contributed by atoms with Gasteiger partial charge in [-0.25, -0.2) is 0 Å². The molecule has 1 aliphatic heterocycles. The third-order valence-electron chi connectivity index (χ3n) is 3.79. The van der Waals surface area contributed by atoms with Gasteiger partial charge in [-0.1, -0.05) is 31.4 Å². The largest absolute Gasteiger partial charge is 0.508 e. The van der Waals surface area contributed by atoms with Gasteiger partial charge < -0.3 is 10.0 Å². The molecule has 0 spiro atoms. The average Bonchev–Trinajstić information content (AvgIpc) is 2.65. The fraction of sp³-hybridized carbons (Fsp3) is 0.533. The molecule has 4 heteroatoms. The van der Waals surface area contributed by atoms with Crippen LogP contribution in [0.5, 0.6) is 5.75 Å². The van der Waals surface area contributed by atoms with Crippen LogP contribution in [-0.4, -0.2) is 28.5 Å². The van der Waals surface area contributed by atoms with Gasteiger partial charge in [0.2, 0.25) is 0 Å². The maximum Gasteiger partial charge on any atom is 0.255 e. The first-order valence-electron chi connectivity index (χ1n) is 6.93. The molecule has 1 aromatic carbocycles. The van der Waals surface area contributed by atoms with E-state index in [-0.39, 0.29) is 17.7 Å². The van der Waals surface area contributed by atoms with Crippen LogP contribution in [0.1, 0.15) is 49.4 Å². The summed E-state index contributed by atoms with van der Waals surface area (Å²) in [7, 11) is 0. The zero-order valence-corrected chi connectivity index (χ0v) is 12.0. The van der Waals surface area contributed by atoms with Crippen molar-refractivity contribution in [1.29, 1.82) is 0 Å². The summed E-state index contributed by atoms with van der Waals surface area (Å²) in [6.07, 6.45) is 5.41. The minimum atomic E-state index is -0.0605. The Morgan fingerprint density at radius 1 is 1.42 bits per heavy atom. The van der Waals surface area contributed by atoms with E-state index in [2.05, 4.69) is 6.92 Å². The van der Waals surface area contributed by atoms with Gasteiger partial charge in [0.25, 0.3) is 5.91 Å². The predicted molar refractivity (Wildman–Crippen MR) is 76.7 cm³/mol. The number of carbonyl (C=O) groups excluding carboxylic acids is 1. The maximum atomic E-state index is 12.6. The summed E-state index contributed by atoms with van der Waals surface area (Å²) in [4.78, 5) is 14.5. The highest BCUT2D eigenvalue weighted by Crippen LogP contribution is 2.26. The van der Waals surface area contributed by atoms with E-state index in [0.29, 0.717) is 10.6 Å². The summed E-state index contributed by atoms with van der Waals surface area (Å²) >= 11 is 6.08. The smallest absolute Gasteiger partial charge is 0.255 e. The summed E-state index contributed by atoms with van der Waals surface area (Å²) in [6.45, 7) is 2.89. The lowest BCUT2D eigenvalue weighted by atomic mass is 10.1. The zero-order chi connectivity index (χ0) is 13.8. The number of phenolic OH excluding ortho intramolecular Hbond substituents is 1. The van der Waals surface area contributed by atoms with Crippen LogP contribution in [0.15, 0.2) is 18.2 Å². The molecule has 1 aliphatic rings. The van der Waals surface area contributed by atoms with Crippen LogP contribution >= 0.6 is 11.6 Å². The number of benzene rings is 1. The Bertz CT molecular complexity index is 461. The minimum Gasteiger partial charge on any atom is -0.508 e. The number of likely N-dealkylation sites (tertiary alicyclic amines) is 1. The van der Waals surface area contributed by atoms with Crippen LogP contribution in [0.4, 0.5) is 0 Å². The number of phenols is 1. The molecule has 1 saturated heterocycles. The molecular weight excluding hydrogens is 262 g/mol. The maximum absolute atomic E-state index is 12.6. The van der Waals surface area contributed by atoms with Gasteiger partial charge in [-0.2, -0.15) is 0 Å². The van der Waals surface area contributed by atoms with Crippen LogP contribution in [0.25, 0.3) is 0 Å². The van der Waals surface area contributed by atoms with E-state index >= 15 is 0 Å². The van der Waals surface area contributed by atoms with E-state index in [9.17, 15) is 9.90 Å². The lowest BCUT2D eigenvalue weighted by Gasteiger charge is -2.29. The van der Waals surface area contributed by atoms with E-state index < -0.39 is 0 Å². The Morgan fingerprint density at radius 2 is 2.21 bits per heavy atom. The molecule has 1 aromatic rings. The highest BCUT2D eigenvalue weighted by atomic mass is 35.5. The number of amides is 1. The van der Waals surface area contributed by atoms with Gasteiger partial charge in [-0.05, 0) is 37.5 Å². The second kappa shape index (κ2) is 6.29. The molecule has 1 atom stereocenters.